The molecule has 1 aromatic heterocycles. The van der Waals surface area contributed by atoms with Crippen LogP contribution in [0.1, 0.15) is 78.1 Å². The lowest BCUT2D eigenvalue weighted by atomic mass is 9.77. The predicted octanol–water partition coefficient (Wildman–Crippen LogP) is 4.88. The molecule has 25 heavy (non-hydrogen) atoms. The molecular formula is C21H32N2O2. The Kier molecular flexibility index (Phi) is 4.37. The van der Waals surface area contributed by atoms with Gasteiger partial charge in [0.1, 0.15) is 5.60 Å². The molecule has 1 aliphatic carbocycles. The van der Waals surface area contributed by atoms with Gasteiger partial charge in [-0.15, -0.1) is 0 Å². The summed E-state index contributed by atoms with van der Waals surface area (Å²) in [5.74, 6) is 0.517. The van der Waals surface area contributed by atoms with Crippen LogP contribution in [0, 0.1) is 5.41 Å². The number of ether oxygens (including phenoxy) is 1. The van der Waals surface area contributed by atoms with Gasteiger partial charge in [-0.2, -0.15) is 0 Å². The van der Waals surface area contributed by atoms with E-state index in [-0.39, 0.29) is 16.9 Å². The second-order valence-corrected chi connectivity index (χ2v) is 9.97. The van der Waals surface area contributed by atoms with Gasteiger partial charge >= 0.3 is 6.09 Å². The Morgan fingerprint density at radius 3 is 2.48 bits per heavy atom. The summed E-state index contributed by atoms with van der Waals surface area (Å²) in [5.41, 5.74) is 2.32. The number of carbonyl (C=O) groups excluding carboxylic acids is 1. The van der Waals surface area contributed by atoms with Crippen molar-refractivity contribution >= 4 is 6.09 Å². The zero-order chi connectivity index (χ0) is 18.5. The lowest BCUT2D eigenvalue weighted by Crippen LogP contribution is -2.58. The number of pyridine rings is 1. The van der Waals surface area contributed by atoms with Crippen molar-refractivity contribution in [2.45, 2.75) is 77.7 Å². The molecule has 1 amide bonds. The maximum Gasteiger partial charge on any atom is 0.410 e. The number of hydrogen-bond acceptors (Lipinski definition) is 3. The van der Waals surface area contributed by atoms with Crippen molar-refractivity contribution < 1.29 is 9.53 Å². The molecule has 1 unspecified atom stereocenters. The first-order valence-corrected chi connectivity index (χ1v) is 9.43. The third kappa shape index (κ3) is 3.99. The Balaban J connectivity index is 1.61. The van der Waals surface area contributed by atoms with E-state index in [1.165, 1.54) is 18.5 Å². The van der Waals surface area contributed by atoms with Gasteiger partial charge in [-0.25, -0.2) is 4.79 Å². The van der Waals surface area contributed by atoms with Gasteiger partial charge in [0.15, 0.2) is 0 Å². The zero-order valence-corrected chi connectivity index (χ0v) is 16.6. The number of likely N-dealkylation sites (tertiary alicyclic amines) is 1. The molecule has 2 aliphatic rings. The maximum atomic E-state index is 12.2. The van der Waals surface area contributed by atoms with E-state index in [2.05, 4.69) is 39.0 Å². The molecule has 1 saturated carbocycles. The Labute approximate surface area is 152 Å². The summed E-state index contributed by atoms with van der Waals surface area (Å²) < 4.78 is 5.48. The first-order chi connectivity index (χ1) is 11.5. The van der Waals surface area contributed by atoms with Gasteiger partial charge in [0, 0.05) is 41.2 Å². The van der Waals surface area contributed by atoms with Crippen LogP contribution in [-0.2, 0) is 10.2 Å². The number of hydrogen-bond donors (Lipinski definition) is 0. The highest BCUT2D eigenvalue weighted by Gasteiger charge is 2.51. The lowest BCUT2D eigenvalue weighted by Gasteiger charge is -2.48. The fraction of sp³-hybridized carbons (Fsp3) is 0.714. The topological polar surface area (TPSA) is 42.4 Å². The molecule has 1 spiro atoms. The molecule has 0 aromatic carbocycles. The number of rotatable bonds is 1. The number of amides is 1. The SMILES string of the molecule is CC(C)(C)OC(=O)N1CC2(CCC(c3cccc(C(C)(C)C)n3)C2)C1. The molecule has 2 fully saturated rings. The molecule has 4 heteroatoms. The molecule has 1 atom stereocenters. The largest absolute Gasteiger partial charge is 0.444 e. The van der Waals surface area contributed by atoms with Crippen molar-refractivity contribution in [3.05, 3.63) is 29.6 Å². The minimum atomic E-state index is -0.421. The minimum absolute atomic E-state index is 0.0796. The van der Waals surface area contributed by atoms with Crippen molar-refractivity contribution in [2.24, 2.45) is 5.41 Å². The third-order valence-electron chi connectivity index (χ3n) is 5.36. The summed E-state index contributed by atoms with van der Waals surface area (Å²) in [6.45, 7) is 14.0. The summed E-state index contributed by atoms with van der Waals surface area (Å²) in [6.07, 6.45) is 3.31. The Morgan fingerprint density at radius 1 is 1.20 bits per heavy atom. The zero-order valence-electron chi connectivity index (χ0n) is 16.6. The van der Waals surface area contributed by atoms with Gasteiger partial charge in [-0.1, -0.05) is 26.8 Å². The average molecular weight is 344 g/mol. The Hall–Kier alpha value is -1.58. The van der Waals surface area contributed by atoms with Crippen LogP contribution in [-0.4, -0.2) is 34.7 Å². The summed E-state index contributed by atoms with van der Waals surface area (Å²) in [4.78, 5) is 19.0. The smallest absolute Gasteiger partial charge is 0.410 e. The molecule has 4 nitrogen and oxygen atoms in total. The fourth-order valence-corrected chi connectivity index (χ4v) is 4.06. The fourth-order valence-electron chi connectivity index (χ4n) is 4.06. The monoisotopic (exact) mass is 344 g/mol. The normalized spacial score (nSPS) is 22.8. The van der Waals surface area contributed by atoms with Gasteiger partial charge in [0.2, 0.25) is 0 Å². The van der Waals surface area contributed by atoms with Crippen LogP contribution in [0.5, 0.6) is 0 Å². The van der Waals surface area contributed by atoms with Gasteiger partial charge in [-0.05, 0) is 52.2 Å². The molecule has 3 rings (SSSR count). The van der Waals surface area contributed by atoms with E-state index in [1.807, 2.05) is 25.7 Å². The maximum absolute atomic E-state index is 12.2. The minimum Gasteiger partial charge on any atom is -0.444 e. The average Bonchev–Trinajstić information content (AvgIpc) is 2.88. The van der Waals surface area contributed by atoms with Crippen molar-refractivity contribution in [3.8, 4) is 0 Å². The highest BCUT2D eigenvalue weighted by molar-refractivity contribution is 5.69. The molecule has 0 N–H and O–H groups in total. The van der Waals surface area contributed by atoms with E-state index >= 15 is 0 Å². The molecule has 1 aliphatic heterocycles. The van der Waals surface area contributed by atoms with Crippen molar-refractivity contribution in [2.75, 3.05) is 13.1 Å². The molecule has 0 radical (unpaired) electrons. The van der Waals surface area contributed by atoms with E-state index in [9.17, 15) is 4.79 Å². The van der Waals surface area contributed by atoms with Gasteiger partial charge in [-0.3, -0.25) is 4.98 Å². The van der Waals surface area contributed by atoms with Crippen molar-refractivity contribution in [1.29, 1.82) is 0 Å². The quantitative estimate of drug-likeness (QED) is 0.729. The van der Waals surface area contributed by atoms with Crippen molar-refractivity contribution in [1.82, 2.24) is 9.88 Å². The highest BCUT2D eigenvalue weighted by Crippen LogP contribution is 2.51. The second-order valence-electron chi connectivity index (χ2n) is 9.97. The second kappa shape index (κ2) is 6.00. The molecule has 2 heterocycles. The Morgan fingerprint density at radius 2 is 1.88 bits per heavy atom. The molecule has 1 aromatic rings. The van der Waals surface area contributed by atoms with Crippen LogP contribution in [0.25, 0.3) is 0 Å². The third-order valence-corrected chi connectivity index (χ3v) is 5.36. The van der Waals surface area contributed by atoms with Crippen LogP contribution in [0.4, 0.5) is 4.79 Å². The van der Waals surface area contributed by atoms with E-state index < -0.39 is 5.60 Å². The molecule has 138 valence electrons. The van der Waals surface area contributed by atoms with Gasteiger partial charge < -0.3 is 9.64 Å². The summed E-state index contributed by atoms with van der Waals surface area (Å²) in [7, 11) is 0. The lowest BCUT2D eigenvalue weighted by molar-refractivity contribution is -0.0323. The number of aromatic nitrogens is 1. The molecule has 1 saturated heterocycles. The first kappa shape index (κ1) is 18.2. The van der Waals surface area contributed by atoms with Gasteiger partial charge in [0.05, 0.1) is 0 Å². The molecule has 0 bridgehead atoms. The van der Waals surface area contributed by atoms with E-state index in [1.54, 1.807) is 0 Å². The summed E-state index contributed by atoms with van der Waals surface area (Å²) in [5, 5.41) is 0. The number of carbonyl (C=O) groups is 1. The van der Waals surface area contributed by atoms with Crippen LogP contribution >= 0.6 is 0 Å². The van der Waals surface area contributed by atoms with E-state index in [0.717, 1.165) is 25.2 Å². The van der Waals surface area contributed by atoms with E-state index in [4.69, 9.17) is 9.72 Å². The summed E-state index contributed by atoms with van der Waals surface area (Å²) >= 11 is 0. The van der Waals surface area contributed by atoms with Crippen LogP contribution in [0.2, 0.25) is 0 Å². The first-order valence-electron chi connectivity index (χ1n) is 9.43. The van der Waals surface area contributed by atoms with Crippen molar-refractivity contribution in [3.63, 3.8) is 0 Å². The van der Waals surface area contributed by atoms with Gasteiger partial charge in [0.25, 0.3) is 0 Å². The van der Waals surface area contributed by atoms with Crippen LogP contribution in [0.3, 0.4) is 0 Å². The Bertz CT molecular complexity index is 649. The standard InChI is InChI=1S/C21H32N2O2/c1-19(2,3)17-9-7-8-16(22-17)15-10-11-21(12-15)13-23(14-21)18(24)25-20(4,5)6/h7-9,15H,10-14H2,1-6H3. The summed E-state index contributed by atoms with van der Waals surface area (Å²) in [6, 6.07) is 6.44. The predicted molar refractivity (Wildman–Crippen MR) is 99.8 cm³/mol. The van der Waals surface area contributed by atoms with Crippen LogP contribution in [0.15, 0.2) is 18.2 Å². The number of nitrogens with zero attached hydrogens (tertiary/aromatic N) is 2. The highest BCUT2D eigenvalue weighted by atomic mass is 16.6. The van der Waals surface area contributed by atoms with E-state index in [0.29, 0.717) is 5.92 Å². The molecular weight excluding hydrogens is 312 g/mol. The van der Waals surface area contributed by atoms with Crippen LogP contribution < -0.4 is 0 Å².